The molecule has 1 aliphatic heterocycles. The van der Waals surface area contributed by atoms with Gasteiger partial charge in [-0.05, 0) is 49.8 Å². The quantitative estimate of drug-likeness (QED) is 0.924. The van der Waals surface area contributed by atoms with Gasteiger partial charge in [0.25, 0.3) is 0 Å². The second-order valence-electron chi connectivity index (χ2n) is 5.60. The fourth-order valence-electron chi connectivity index (χ4n) is 2.72. The third kappa shape index (κ3) is 3.22. The second kappa shape index (κ2) is 6.24. The van der Waals surface area contributed by atoms with Crippen molar-refractivity contribution in [1.82, 2.24) is 4.31 Å². The van der Waals surface area contributed by atoms with Gasteiger partial charge in [-0.3, -0.25) is 0 Å². The fourth-order valence-corrected chi connectivity index (χ4v) is 4.26. The molecular weight excluding hydrogens is 272 g/mol. The Morgan fingerprint density at radius 3 is 2.55 bits per heavy atom. The van der Waals surface area contributed by atoms with Crippen molar-refractivity contribution in [2.45, 2.75) is 44.0 Å². The van der Waals surface area contributed by atoms with Gasteiger partial charge in [0.05, 0.1) is 4.90 Å². The van der Waals surface area contributed by atoms with Crippen LogP contribution in [0.25, 0.3) is 0 Å². The summed E-state index contributed by atoms with van der Waals surface area (Å²) in [6, 6.07) is 7.39. The maximum atomic E-state index is 12.6. The van der Waals surface area contributed by atoms with Crippen LogP contribution in [0.1, 0.15) is 32.3 Å². The standard InChI is InChI=1S/C15H24N2O2S/c1-3-13-5-4-6-15(11-13)20(18,19)17-9-7-14(8-10-17)12(2)16/h4-6,11-12,14H,3,7-10,16H2,1-2H3. The van der Waals surface area contributed by atoms with Crippen LogP contribution in [-0.2, 0) is 16.4 Å². The summed E-state index contributed by atoms with van der Waals surface area (Å²) in [5, 5.41) is 0. The lowest BCUT2D eigenvalue weighted by Gasteiger charge is -2.33. The molecule has 1 atom stereocenters. The number of piperidine rings is 1. The topological polar surface area (TPSA) is 63.4 Å². The van der Waals surface area contributed by atoms with Crippen molar-refractivity contribution < 1.29 is 8.42 Å². The highest BCUT2D eigenvalue weighted by atomic mass is 32.2. The molecule has 0 aromatic heterocycles. The Balaban J connectivity index is 2.15. The van der Waals surface area contributed by atoms with E-state index in [0.717, 1.165) is 24.8 Å². The van der Waals surface area contributed by atoms with Crippen molar-refractivity contribution in [3.05, 3.63) is 29.8 Å². The van der Waals surface area contributed by atoms with E-state index in [1.54, 1.807) is 16.4 Å². The van der Waals surface area contributed by atoms with E-state index >= 15 is 0 Å². The summed E-state index contributed by atoms with van der Waals surface area (Å²) >= 11 is 0. The number of sulfonamides is 1. The van der Waals surface area contributed by atoms with Crippen molar-refractivity contribution in [2.75, 3.05) is 13.1 Å². The first kappa shape index (κ1) is 15.5. The van der Waals surface area contributed by atoms with Gasteiger partial charge < -0.3 is 5.73 Å². The molecule has 0 bridgehead atoms. The van der Waals surface area contributed by atoms with Crippen LogP contribution in [-0.4, -0.2) is 31.9 Å². The highest BCUT2D eigenvalue weighted by Gasteiger charge is 2.30. The molecule has 1 aromatic carbocycles. The fraction of sp³-hybridized carbons (Fsp3) is 0.600. The third-order valence-electron chi connectivity index (χ3n) is 4.19. The van der Waals surface area contributed by atoms with Crippen LogP contribution in [0, 0.1) is 5.92 Å². The SMILES string of the molecule is CCc1cccc(S(=O)(=O)N2CCC(C(C)N)CC2)c1. The molecule has 0 amide bonds. The predicted octanol–water partition coefficient (Wildman–Crippen LogP) is 2.00. The lowest BCUT2D eigenvalue weighted by Crippen LogP contribution is -2.42. The van der Waals surface area contributed by atoms with Crippen LogP contribution in [0.3, 0.4) is 0 Å². The summed E-state index contributed by atoms with van der Waals surface area (Å²) in [6.45, 7) is 5.18. The van der Waals surface area contributed by atoms with Gasteiger partial charge in [-0.15, -0.1) is 0 Å². The normalized spacial score (nSPS) is 19.9. The third-order valence-corrected chi connectivity index (χ3v) is 6.08. The molecule has 0 saturated carbocycles. The Labute approximate surface area is 122 Å². The van der Waals surface area contributed by atoms with E-state index < -0.39 is 10.0 Å². The number of aryl methyl sites for hydroxylation is 1. The largest absolute Gasteiger partial charge is 0.328 e. The summed E-state index contributed by atoms with van der Waals surface area (Å²) in [5.41, 5.74) is 6.96. The molecule has 0 aliphatic carbocycles. The first-order chi connectivity index (χ1) is 9.45. The molecule has 1 saturated heterocycles. The molecule has 20 heavy (non-hydrogen) atoms. The van der Waals surface area contributed by atoms with E-state index in [1.165, 1.54) is 0 Å². The molecule has 1 unspecified atom stereocenters. The van der Waals surface area contributed by atoms with Crippen LogP contribution in [0.2, 0.25) is 0 Å². The van der Waals surface area contributed by atoms with Crippen LogP contribution in [0.4, 0.5) is 0 Å². The highest BCUT2D eigenvalue weighted by molar-refractivity contribution is 7.89. The molecule has 1 heterocycles. The molecule has 1 fully saturated rings. The number of hydrogen-bond donors (Lipinski definition) is 1. The molecule has 0 radical (unpaired) electrons. The van der Waals surface area contributed by atoms with Crippen molar-refractivity contribution in [1.29, 1.82) is 0 Å². The number of nitrogens with two attached hydrogens (primary N) is 1. The van der Waals surface area contributed by atoms with Crippen molar-refractivity contribution >= 4 is 10.0 Å². The first-order valence-corrected chi connectivity index (χ1v) is 8.74. The molecule has 5 heteroatoms. The zero-order valence-electron chi connectivity index (χ0n) is 12.2. The number of benzene rings is 1. The van der Waals surface area contributed by atoms with E-state index in [-0.39, 0.29) is 6.04 Å². The minimum atomic E-state index is -3.35. The summed E-state index contributed by atoms with van der Waals surface area (Å²) in [5.74, 6) is 0.434. The van der Waals surface area contributed by atoms with Gasteiger partial charge in [-0.1, -0.05) is 19.1 Å². The number of nitrogens with zero attached hydrogens (tertiary/aromatic N) is 1. The Bertz CT molecular complexity index is 547. The van der Waals surface area contributed by atoms with Gasteiger partial charge in [0, 0.05) is 19.1 Å². The smallest absolute Gasteiger partial charge is 0.243 e. The summed E-state index contributed by atoms with van der Waals surface area (Å²) in [6.07, 6.45) is 2.55. The van der Waals surface area contributed by atoms with E-state index in [9.17, 15) is 8.42 Å². The molecule has 1 aliphatic rings. The predicted molar refractivity (Wildman–Crippen MR) is 81.0 cm³/mol. The zero-order valence-corrected chi connectivity index (χ0v) is 13.1. The molecule has 112 valence electrons. The maximum Gasteiger partial charge on any atom is 0.243 e. The van der Waals surface area contributed by atoms with Crippen molar-refractivity contribution in [3.8, 4) is 0 Å². The highest BCUT2D eigenvalue weighted by Crippen LogP contribution is 2.25. The number of hydrogen-bond acceptors (Lipinski definition) is 3. The van der Waals surface area contributed by atoms with E-state index in [4.69, 9.17) is 5.73 Å². The monoisotopic (exact) mass is 296 g/mol. The summed E-state index contributed by atoms with van der Waals surface area (Å²) in [4.78, 5) is 0.413. The Morgan fingerprint density at radius 1 is 1.35 bits per heavy atom. The lowest BCUT2D eigenvalue weighted by molar-refractivity contribution is 0.250. The summed E-state index contributed by atoms with van der Waals surface area (Å²) in [7, 11) is -3.35. The van der Waals surface area contributed by atoms with Crippen LogP contribution in [0.5, 0.6) is 0 Å². The van der Waals surface area contributed by atoms with Gasteiger partial charge in [0.1, 0.15) is 0 Å². The molecular formula is C15H24N2O2S. The van der Waals surface area contributed by atoms with E-state index in [1.807, 2.05) is 26.0 Å². The second-order valence-corrected chi connectivity index (χ2v) is 7.54. The van der Waals surface area contributed by atoms with E-state index in [2.05, 4.69) is 0 Å². The Hall–Kier alpha value is -0.910. The Kier molecular flexibility index (Phi) is 4.83. The van der Waals surface area contributed by atoms with E-state index in [0.29, 0.717) is 23.9 Å². The molecule has 4 nitrogen and oxygen atoms in total. The zero-order chi connectivity index (χ0) is 14.8. The average Bonchev–Trinajstić information content (AvgIpc) is 2.47. The molecule has 2 N–H and O–H groups in total. The van der Waals surface area contributed by atoms with Crippen LogP contribution >= 0.6 is 0 Å². The van der Waals surface area contributed by atoms with Crippen LogP contribution < -0.4 is 5.73 Å². The van der Waals surface area contributed by atoms with Gasteiger partial charge in [-0.2, -0.15) is 4.31 Å². The molecule has 2 rings (SSSR count). The maximum absolute atomic E-state index is 12.6. The van der Waals surface area contributed by atoms with Crippen molar-refractivity contribution in [2.24, 2.45) is 11.7 Å². The summed E-state index contributed by atoms with van der Waals surface area (Å²) < 4.78 is 26.9. The van der Waals surface area contributed by atoms with Gasteiger partial charge in [0.2, 0.25) is 10.0 Å². The van der Waals surface area contributed by atoms with Crippen LogP contribution in [0.15, 0.2) is 29.2 Å². The molecule has 1 aromatic rings. The minimum Gasteiger partial charge on any atom is -0.328 e. The van der Waals surface area contributed by atoms with Gasteiger partial charge in [0.15, 0.2) is 0 Å². The Morgan fingerprint density at radius 2 is 2.00 bits per heavy atom. The molecule has 0 spiro atoms. The lowest BCUT2D eigenvalue weighted by atomic mass is 9.92. The van der Waals surface area contributed by atoms with Crippen molar-refractivity contribution in [3.63, 3.8) is 0 Å². The number of rotatable bonds is 4. The van der Waals surface area contributed by atoms with Gasteiger partial charge >= 0.3 is 0 Å². The minimum absolute atomic E-state index is 0.142. The van der Waals surface area contributed by atoms with Gasteiger partial charge in [-0.25, -0.2) is 8.42 Å². The average molecular weight is 296 g/mol. The first-order valence-electron chi connectivity index (χ1n) is 7.30.